The van der Waals surface area contributed by atoms with E-state index < -0.39 is 9.84 Å². The van der Waals surface area contributed by atoms with Gasteiger partial charge in [0.05, 0.1) is 11.5 Å². The fraction of sp³-hybridized carbons (Fsp3) is 1.00. The zero-order valence-corrected chi connectivity index (χ0v) is 11.1. The minimum atomic E-state index is -2.74. The van der Waals surface area contributed by atoms with Crippen LogP contribution in [0.2, 0.25) is 0 Å². The molecule has 2 fully saturated rings. The average molecular weight is 245 g/mol. The van der Waals surface area contributed by atoms with Crippen molar-refractivity contribution in [1.82, 2.24) is 5.32 Å². The molecule has 0 amide bonds. The molecule has 2 unspecified atom stereocenters. The first kappa shape index (κ1) is 12.4. The molecular weight excluding hydrogens is 222 g/mol. The molecule has 4 heteroatoms. The maximum atomic E-state index is 11.4. The van der Waals surface area contributed by atoms with Gasteiger partial charge in [0.1, 0.15) is 0 Å². The Bertz CT molecular complexity index is 348. The Balaban J connectivity index is 1.86. The lowest BCUT2D eigenvalue weighted by Gasteiger charge is -2.36. The monoisotopic (exact) mass is 245 g/mol. The second-order valence-electron chi connectivity index (χ2n) is 6.22. The summed E-state index contributed by atoms with van der Waals surface area (Å²) >= 11 is 0. The van der Waals surface area contributed by atoms with Gasteiger partial charge in [-0.3, -0.25) is 0 Å². The van der Waals surface area contributed by atoms with Gasteiger partial charge in [0.25, 0.3) is 0 Å². The molecule has 1 N–H and O–H groups in total. The number of sulfone groups is 1. The van der Waals surface area contributed by atoms with Crippen LogP contribution in [0.3, 0.4) is 0 Å². The molecule has 2 rings (SSSR count). The van der Waals surface area contributed by atoms with Crippen molar-refractivity contribution < 1.29 is 8.42 Å². The lowest BCUT2D eigenvalue weighted by molar-refractivity contribution is 0.191. The highest BCUT2D eigenvalue weighted by Crippen LogP contribution is 2.35. The van der Waals surface area contributed by atoms with E-state index in [1.54, 1.807) is 0 Å². The molecule has 1 aliphatic heterocycles. The van der Waals surface area contributed by atoms with Crippen molar-refractivity contribution in [3.05, 3.63) is 0 Å². The minimum absolute atomic E-state index is 0.212. The zero-order chi connectivity index (χ0) is 11.8. The van der Waals surface area contributed by atoms with Crippen LogP contribution in [0, 0.1) is 5.41 Å². The maximum Gasteiger partial charge on any atom is 0.151 e. The van der Waals surface area contributed by atoms with E-state index in [2.05, 4.69) is 19.2 Å². The molecule has 94 valence electrons. The van der Waals surface area contributed by atoms with E-state index in [4.69, 9.17) is 0 Å². The van der Waals surface area contributed by atoms with Crippen LogP contribution in [0.5, 0.6) is 0 Å². The van der Waals surface area contributed by atoms with E-state index in [-0.39, 0.29) is 6.04 Å². The van der Waals surface area contributed by atoms with Crippen LogP contribution in [0.15, 0.2) is 0 Å². The smallest absolute Gasteiger partial charge is 0.151 e. The van der Waals surface area contributed by atoms with Crippen molar-refractivity contribution in [2.24, 2.45) is 5.41 Å². The van der Waals surface area contributed by atoms with Gasteiger partial charge in [0, 0.05) is 12.1 Å². The molecular formula is C12H23NO2S. The average Bonchev–Trinajstić information content (AvgIpc) is 2.43. The van der Waals surface area contributed by atoms with Gasteiger partial charge in [-0.1, -0.05) is 20.3 Å². The van der Waals surface area contributed by atoms with Crippen molar-refractivity contribution in [2.75, 3.05) is 11.5 Å². The largest absolute Gasteiger partial charge is 0.310 e. The summed E-state index contributed by atoms with van der Waals surface area (Å²) in [4.78, 5) is 0. The lowest BCUT2D eigenvalue weighted by Crippen LogP contribution is -2.43. The van der Waals surface area contributed by atoms with Gasteiger partial charge in [-0.15, -0.1) is 0 Å². The fourth-order valence-corrected chi connectivity index (χ4v) is 4.79. The van der Waals surface area contributed by atoms with Crippen molar-refractivity contribution in [2.45, 2.75) is 58.0 Å². The second kappa shape index (κ2) is 4.30. The predicted molar refractivity (Wildman–Crippen MR) is 66.2 cm³/mol. The summed E-state index contributed by atoms with van der Waals surface area (Å²) in [6.45, 7) is 4.62. The summed E-state index contributed by atoms with van der Waals surface area (Å²) in [7, 11) is -2.74. The highest BCUT2D eigenvalue weighted by Gasteiger charge is 2.33. The normalized spacial score (nSPS) is 37.4. The van der Waals surface area contributed by atoms with Gasteiger partial charge in [0.2, 0.25) is 0 Å². The Hall–Kier alpha value is -0.0900. The summed E-state index contributed by atoms with van der Waals surface area (Å²) in [5.41, 5.74) is 0.424. The van der Waals surface area contributed by atoms with Crippen LogP contribution in [0.1, 0.15) is 46.0 Å². The second-order valence-corrected chi connectivity index (χ2v) is 8.45. The van der Waals surface area contributed by atoms with Crippen LogP contribution in [0.25, 0.3) is 0 Å². The third kappa shape index (κ3) is 3.20. The summed E-state index contributed by atoms with van der Waals surface area (Å²) in [6, 6.07) is 0.742. The Labute approximate surface area is 98.9 Å². The molecule has 1 saturated carbocycles. The third-order valence-electron chi connectivity index (χ3n) is 3.91. The van der Waals surface area contributed by atoms with Crippen LogP contribution >= 0.6 is 0 Å². The Morgan fingerprint density at radius 2 is 1.94 bits per heavy atom. The highest BCUT2D eigenvalue weighted by atomic mass is 32.2. The van der Waals surface area contributed by atoms with Gasteiger partial charge in [-0.05, 0) is 31.1 Å². The number of hydrogen-bond acceptors (Lipinski definition) is 3. The van der Waals surface area contributed by atoms with Crippen LogP contribution in [-0.2, 0) is 9.84 Å². The van der Waals surface area contributed by atoms with Crippen molar-refractivity contribution >= 4 is 9.84 Å². The summed E-state index contributed by atoms with van der Waals surface area (Å²) in [5.74, 6) is 0.727. The standard InChI is InChI=1S/C12H23NO2S/c1-12(2)6-3-4-10(8-12)13-11-5-7-16(14,15)9-11/h10-11,13H,3-9H2,1-2H3. The van der Waals surface area contributed by atoms with E-state index in [1.165, 1.54) is 25.7 Å². The lowest BCUT2D eigenvalue weighted by atomic mass is 9.75. The van der Waals surface area contributed by atoms with Crippen LogP contribution < -0.4 is 5.32 Å². The molecule has 1 saturated heterocycles. The number of hydrogen-bond donors (Lipinski definition) is 1. The van der Waals surface area contributed by atoms with Crippen molar-refractivity contribution in [3.63, 3.8) is 0 Å². The molecule has 0 aromatic carbocycles. The number of nitrogens with one attached hydrogen (secondary N) is 1. The Morgan fingerprint density at radius 1 is 1.19 bits per heavy atom. The van der Waals surface area contributed by atoms with E-state index in [1.807, 2.05) is 0 Å². The molecule has 0 bridgehead atoms. The molecule has 0 radical (unpaired) electrons. The molecule has 0 aromatic rings. The topological polar surface area (TPSA) is 46.2 Å². The van der Waals surface area contributed by atoms with Gasteiger partial charge in [-0.2, -0.15) is 0 Å². The summed E-state index contributed by atoms with van der Waals surface area (Å²) in [6.07, 6.45) is 5.76. The van der Waals surface area contributed by atoms with Gasteiger partial charge >= 0.3 is 0 Å². The SMILES string of the molecule is CC1(C)CCCC(NC2CCS(=O)(=O)C2)C1. The molecule has 3 nitrogen and oxygen atoms in total. The fourth-order valence-electron chi connectivity index (χ4n) is 3.10. The quantitative estimate of drug-likeness (QED) is 0.806. The molecule has 1 aliphatic carbocycles. The summed E-state index contributed by atoms with van der Waals surface area (Å²) in [5, 5.41) is 3.55. The molecule has 2 atom stereocenters. The Morgan fingerprint density at radius 3 is 2.50 bits per heavy atom. The van der Waals surface area contributed by atoms with Gasteiger partial charge < -0.3 is 5.32 Å². The Kier molecular flexibility index (Phi) is 3.32. The van der Waals surface area contributed by atoms with Gasteiger partial charge in [0.15, 0.2) is 9.84 Å². The first-order valence-corrected chi connectivity index (χ1v) is 8.15. The first-order valence-electron chi connectivity index (χ1n) is 6.33. The van der Waals surface area contributed by atoms with Gasteiger partial charge in [-0.25, -0.2) is 8.42 Å². The molecule has 1 heterocycles. The molecule has 0 spiro atoms. The van der Waals surface area contributed by atoms with Crippen molar-refractivity contribution in [3.8, 4) is 0 Å². The van der Waals surface area contributed by atoms with Crippen LogP contribution in [0.4, 0.5) is 0 Å². The third-order valence-corrected chi connectivity index (χ3v) is 5.68. The highest BCUT2D eigenvalue weighted by molar-refractivity contribution is 7.91. The van der Waals surface area contributed by atoms with Crippen LogP contribution in [-0.4, -0.2) is 32.0 Å². The van der Waals surface area contributed by atoms with E-state index in [9.17, 15) is 8.42 Å². The zero-order valence-electron chi connectivity index (χ0n) is 10.3. The van der Waals surface area contributed by atoms with Crippen molar-refractivity contribution in [1.29, 1.82) is 0 Å². The van der Waals surface area contributed by atoms with E-state index in [0.717, 1.165) is 6.42 Å². The number of rotatable bonds is 2. The maximum absolute atomic E-state index is 11.4. The van der Waals surface area contributed by atoms with E-state index in [0.29, 0.717) is 23.0 Å². The molecule has 16 heavy (non-hydrogen) atoms. The minimum Gasteiger partial charge on any atom is -0.310 e. The van der Waals surface area contributed by atoms with E-state index >= 15 is 0 Å². The first-order chi connectivity index (χ1) is 7.36. The molecule has 2 aliphatic rings. The molecule has 0 aromatic heterocycles. The predicted octanol–water partition coefficient (Wildman–Crippen LogP) is 1.73. The summed E-state index contributed by atoms with van der Waals surface area (Å²) < 4.78 is 22.7.